The highest BCUT2D eigenvalue weighted by atomic mass is 79.9. The molecule has 0 aliphatic carbocycles. The first kappa shape index (κ1) is 11.6. The van der Waals surface area contributed by atoms with Crippen LogP contribution in [-0.4, -0.2) is 10.6 Å². The van der Waals surface area contributed by atoms with E-state index in [9.17, 15) is 17.6 Å². The van der Waals surface area contributed by atoms with Gasteiger partial charge in [0.15, 0.2) is 0 Å². The topological polar surface area (TPSA) is 20.2 Å². The maximum absolute atomic E-state index is 12.9. The Morgan fingerprint density at radius 2 is 1.86 bits per heavy atom. The van der Waals surface area contributed by atoms with Gasteiger partial charge in [-0.05, 0) is 39.8 Å². The Labute approximate surface area is 89.2 Å². The predicted octanol–water partition coefficient (Wildman–Crippen LogP) is 3.91. The summed E-state index contributed by atoms with van der Waals surface area (Å²) in [5, 5.41) is 9.03. The molecule has 0 unspecified atom stereocenters. The van der Waals surface area contributed by atoms with Crippen molar-refractivity contribution in [1.29, 1.82) is 0 Å². The zero-order valence-electron chi connectivity index (χ0n) is 6.40. The molecule has 0 aromatic heterocycles. The Balaban J connectivity index is 3.04. The molecule has 0 radical (unpaired) electrons. The van der Waals surface area contributed by atoms with Crippen LogP contribution in [0.4, 0.5) is 17.6 Å². The number of alkyl halides is 3. The summed E-state index contributed by atoms with van der Waals surface area (Å²) in [5.74, 6) is -1.46. The first-order chi connectivity index (χ1) is 6.29. The average molecular weight is 291 g/mol. The van der Waals surface area contributed by atoms with Crippen LogP contribution in [0.15, 0.2) is 21.5 Å². The first-order valence-corrected chi connectivity index (χ1v) is 4.84. The standard InChI is InChI=1S/C7H3BrF4OS/c8-3-1-4(9)6(2-5(3)13)14-7(10,11)12/h1-2,13H. The molecule has 1 nitrogen and oxygen atoms in total. The number of hydrogen-bond acceptors (Lipinski definition) is 2. The molecule has 0 saturated carbocycles. The summed E-state index contributed by atoms with van der Waals surface area (Å²) in [4.78, 5) is -0.654. The van der Waals surface area contributed by atoms with E-state index in [1.54, 1.807) is 0 Å². The Bertz CT molecular complexity index is 352. The molecular formula is C7H3BrF4OS. The van der Waals surface area contributed by atoms with Gasteiger partial charge < -0.3 is 5.11 Å². The third-order valence-corrected chi connectivity index (χ3v) is 2.63. The zero-order valence-corrected chi connectivity index (χ0v) is 8.80. The minimum Gasteiger partial charge on any atom is -0.507 e. The van der Waals surface area contributed by atoms with Gasteiger partial charge in [-0.2, -0.15) is 13.2 Å². The van der Waals surface area contributed by atoms with Crippen molar-refractivity contribution in [3.8, 4) is 5.75 Å². The molecule has 14 heavy (non-hydrogen) atoms. The number of benzene rings is 1. The van der Waals surface area contributed by atoms with E-state index >= 15 is 0 Å². The molecule has 1 aromatic rings. The maximum Gasteiger partial charge on any atom is 0.446 e. The van der Waals surface area contributed by atoms with Gasteiger partial charge in [0.1, 0.15) is 11.6 Å². The predicted molar refractivity (Wildman–Crippen MR) is 47.7 cm³/mol. The summed E-state index contributed by atoms with van der Waals surface area (Å²) in [6.07, 6.45) is 0. The lowest BCUT2D eigenvalue weighted by Gasteiger charge is -2.07. The van der Waals surface area contributed by atoms with Gasteiger partial charge in [0.25, 0.3) is 0 Å². The molecule has 0 heterocycles. The number of rotatable bonds is 1. The number of phenols is 1. The second-order valence-corrected chi connectivity index (χ2v) is 4.24. The normalized spacial score (nSPS) is 11.8. The van der Waals surface area contributed by atoms with Gasteiger partial charge in [-0.3, -0.25) is 0 Å². The molecule has 0 aliphatic heterocycles. The number of aromatic hydroxyl groups is 1. The fourth-order valence-corrected chi connectivity index (χ4v) is 1.61. The lowest BCUT2D eigenvalue weighted by molar-refractivity contribution is -0.0329. The number of hydrogen-bond donors (Lipinski definition) is 1. The second kappa shape index (κ2) is 3.98. The van der Waals surface area contributed by atoms with Crippen molar-refractivity contribution in [1.82, 2.24) is 0 Å². The summed E-state index contributed by atoms with van der Waals surface area (Å²) in [5.41, 5.74) is -4.57. The van der Waals surface area contributed by atoms with Gasteiger partial charge in [0, 0.05) is 0 Å². The van der Waals surface area contributed by atoms with E-state index in [-0.39, 0.29) is 4.47 Å². The molecule has 0 amide bonds. The number of thioether (sulfide) groups is 1. The minimum absolute atomic E-state index is 0.0153. The van der Waals surface area contributed by atoms with Gasteiger partial charge in [-0.1, -0.05) is 0 Å². The van der Waals surface area contributed by atoms with Crippen LogP contribution in [0.5, 0.6) is 5.75 Å². The average Bonchev–Trinajstić information content (AvgIpc) is 1.97. The third kappa shape index (κ3) is 3.06. The van der Waals surface area contributed by atoms with E-state index < -0.39 is 33.7 Å². The fraction of sp³-hybridized carbons (Fsp3) is 0.143. The quantitative estimate of drug-likeness (QED) is 0.625. The lowest BCUT2D eigenvalue weighted by atomic mass is 10.3. The van der Waals surface area contributed by atoms with Crippen molar-refractivity contribution in [2.75, 3.05) is 0 Å². The summed E-state index contributed by atoms with van der Waals surface area (Å²) in [6.45, 7) is 0. The molecule has 1 aromatic carbocycles. The first-order valence-electron chi connectivity index (χ1n) is 3.23. The molecule has 0 bridgehead atoms. The van der Waals surface area contributed by atoms with E-state index in [2.05, 4.69) is 15.9 Å². The molecule has 0 atom stereocenters. The van der Waals surface area contributed by atoms with Crippen LogP contribution in [0.1, 0.15) is 0 Å². The van der Waals surface area contributed by atoms with Crippen molar-refractivity contribution < 1.29 is 22.7 Å². The SMILES string of the molecule is Oc1cc(SC(F)(F)F)c(F)cc1Br. The summed E-state index contributed by atoms with van der Waals surface area (Å²) in [6, 6.07) is 1.50. The molecule has 1 rings (SSSR count). The monoisotopic (exact) mass is 290 g/mol. The number of halogens is 5. The van der Waals surface area contributed by atoms with E-state index in [1.165, 1.54) is 0 Å². The molecule has 78 valence electrons. The van der Waals surface area contributed by atoms with Crippen LogP contribution in [0, 0.1) is 5.82 Å². The van der Waals surface area contributed by atoms with Crippen LogP contribution in [0.2, 0.25) is 0 Å². The van der Waals surface area contributed by atoms with E-state index in [4.69, 9.17) is 5.11 Å². The van der Waals surface area contributed by atoms with Crippen molar-refractivity contribution in [2.24, 2.45) is 0 Å². The molecular weight excluding hydrogens is 288 g/mol. The largest absolute Gasteiger partial charge is 0.507 e. The Morgan fingerprint density at radius 1 is 1.29 bits per heavy atom. The van der Waals surface area contributed by atoms with Crippen LogP contribution in [-0.2, 0) is 0 Å². The fourth-order valence-electron chi connectivity index (χ4n) is 0.721. The van der Waals surface area contributed by atoms with Gasteiger partial charge in [0.05, 0.1) is 9.37 Å². The van der Waals surface area contributed by atoms with Crippen molar-refractivity contribution >= 4 is 27.7 Å². The highest BCUT2D eigenvalue weighted by Crippen LogP contribution is 2.40. The summed E-state index contributed by atoms with van der Waals surface area (Å²) < 4.78 is 48.5. The number of phenolic OH excluding ortho intramolecular Hbond substituents is 1. The highest BCUT2D eigenvalue weighted by molar-refractivity contribution is 9.10. The van der Waals surface area contributed by atoms with Crippen molar-refractivity contribution in [3.63, 3.8) is 0 Å². The van der Waals surface area contributed by atoms with Gasteiger partial charge in [-0.25, -0.2) is 4.39 Å². The Hall–Kier alpha value is -0.430. The van der Waals surface area contributed by atoms with Crippen LogP contribution in [0.3, 0.4) is 0 Å². The van der Waals surface area contributed by atoms with Gasteiger partial charge in [-0.15, -0.1) is 0 Å². The molecule has 0 saturated heterocycles. The minimum atomic E-state index is -4.57. The highest BCUT2D eigenvalue weighted by Gasteiger charge is 2.31. The summed E-state index contributed by atoms with van der Waals surface area (Å²) >= 11 is 2.17. The molecule has 1 N–H and O–H groups in total. The summed E-state index contributed by atoms with van der Waals surface area (Å²) in [7, 11) is 0. The molecule has 0 fully saturated rings. The van der Waals surface area contributed by atoms with Crippen LogP contribution < -0.4 is 0 Å². The van der Waals surface area contributed by atoms with Crippen molar-refractivity contribution in [2.45, 2.75) is 10.4 Å². The van der Waals surface area contributed by atoms with E-state index in [1.807, 2.05) is 0 Å². The van der Waals surface area contributed by atoms with Crippen LogP contribution in [0.25, 0.3) is 0 Å². The molecule has 0 spiro atoms. The Kier molecular flexibility index (Phi) is 3.31. The smallest absolute Gasteiger partial charge is 0.446 e. The maximum atomic E-state index is 12.9. The molecule has 7 heteroatoms. The zero-order chi connectivity index (χ0) is 10.9. The molecule has 0 aliphatic rings. The Morgan fingerprint density at radius 3 is 2.36 bits per heavy atom. The van der Waals surface area contributed by atoms with Crippen molar-refractivity contribution in [3.05, 3.63) is 22.4 Å². The second-order valence-electron chi connectivity index (χ2n) is 2.28. The van der Waals surface area contributed by atoms with Gasteiger partial charge in [0.2, 0.25) is 0 Å². The third-order valence-electron chi connectivity index (χ3n) is 1.23. The van der Waals surface area contributed by atoms with Gasteiger partial charge >= 0.3 is 5.51 Å². The lowest BCUT2D eigenvalue weighted by Crippen LogP contribution is -2.00. The van der Waals surface area contributed by atoms with E-state index in [0.717, 1.165) is 12.1 Å². The van der Waals surface area contributed by atoms with E-state index in [0.29, 0.717) is 0 Å². The van der Waals surface area contributed by atoms with Crippen LogP contribution >= 0.6 is 27.7 Å².